The molecule has 1 heterocycles. The predicted octanol–water partition coefficient (Wildman–Crippen LogP) is 5.40. The van der Waals surface area contributed by atoms with Crippen molar-refractivity contribution in [3.05, 3.63) is 70.5 Å². The maximum absolute atomic E-state index is 13.6. The number of nitrogens with zero attached hydrogens (tertiary/aromatic N) is 3. The molecule has 1 aliphatic carbocycles. The largest absolute Gasteiger partial charge is 0.333 e. The Labute approximate surface area is 187 Å². The van der Waals surface area contributed by atoms with Crippen LogP contribution in [0.15, 0.2) is 53.3 Å². The molecule has 32 heavy (non-hydrogen) atoms. The smallest absolute Gasteiger partial charge is 0.266 e. The van der Waals surface area contributed by atoms with E-state index in [4.69, 9.17) is 4.98 Å². The SMILES string of the molecule is CCCCCCN(C(=O)C1CC1)C(C)c1nc2ccccc2c(=O)n1-c1ccc(F)cc1. The molecule has 0 bridgehead atoms. The minimum absolute atomic E-state index is 0.0788. The Morgan fingerprint density at radius 1 is 1.12 bits per heavy atom. The van der Waals surface area contributed by atoms with Crippen LogP contribution in [-0.2, 0) is 4.79 Å². The lowest BCUT2D eigenvalue weighted by Crippen LogP contribution is -2.39. The van der Waals surface area contributed by atoms with Gasteiger partial charge in [0, 0.05) is 12.5 Å². The predicted molar refractivity (Wildman–Crippen MR) is 124 cm³/mol. The van der Waals surface area contributed by atoms with Crippen LogP contribution in [0.4, 0.5) is 4.39 Å². The molecule has 0 aliphatic heterocycles. The van der Waals surface area contributed by atoms with Crippen molar-refractivity contribution < 1.29 is 9.18 Å². The second kappa shape index (κ2) is 9.63. The normalized spacial score (nSPS) is 14.5. The van der Waals surface area contributed by atoms with E-state index in [9.17, 15) is 14.0 Å². The molecule has 5 nitrogen and oxygen atoms in total. The number of halogens is 1. The van der Waals surface area contributed by atoms with Crippen molar-refractivity contribution in [2.24, 2.45) is 5.92 Å². The average molecular weight is 436 g/mol. The standard InChI is InChI=1S/C26H30FN3O2/c1-3-4-5-8-17-29(25(31)19-11-12-19)18(2)24-28-23-10-7-6-9-22(23)26(32)30(24)21-15-13-20(27)14-16-21/h6-7,9-10,13-16,18-19H,3-5,8,11-12,17H2,1-2H3. The van der Waals surface area contributed by atoms with Crippen molar-refractivity contribution in [2.45, 2.75) is 58.4 Å². The number of amides is 1. The van der Waals surface area contributed by atoms with Crippen LogP contribution in [0.3, 0.4) is 0 Å². The summed E-state index contributed by atoms with van der Waals surface area (Å²) in [5.74, 6) is 0.355. The van der Waals surface area contributed by atoms with E-state index in [-0.39, 0.29) is 29.2 Å². The fourth-order valence-corrected chi connectivity index (χ4v) is 4.18. The number of benzene rings is 2. The topological polar surface area (TPSA) is 55.2 Å². The Hall–Kier alpha value is -3.02. The van der Waals surface area contributed by atoms with Crippen LogP contribution < -0.4 is 5.56 Å². The maximum Gasteiger partial charge on any atom is 0.266 e. The summed E-state index contributed by atoms with van der Waals surface area (Å²) in [4.78, 5) is 33.4. The van der Waals surface area contributed by atoms with E-state index in [1.165, 1.54) is 16.7 Å². The summed E-state index contributed by atoms with van der Waals surface area (Å²) in [6.07, 6.45) is 6.09. The van der Waals surface area contributed by atoms with Gasteiger partial charge in [0.05, 0.1) is 22.6 Å². The minimum Gasteiger partial charge on any atom is -0.333 e. The number of para-hydroxylation sites is 1. The van der Waals surface area contributed by atoms with Crippen molar-refractivity contribution in [2.75, 3.05) is 6.54 Å². The van der Waals surface area contributed by atoms with Gasteiger partial charge in [-0.15, -0.1) is 0 Å². The van der Waals surface area contributed by atoms with E-state index >= 15 is 0 Å². The lowest BCUT2D eigenvalue weighted by Gasteiger charge is -2.31. The Morgan fingerprint density at radius 3 is 2.53 bits per heavy atom. The first-order chi connectivity index (χ1) is 15.5. The summed E-state index contributed by atoms with van der Waals surface area (Å²) in [5, 5.41) is 0.496. The summed E-state index contributed by atoms with van der Waals surface area (Å²) < 4.78 is 15.1. The molecular formula is C26H30FN3O2. The first-order valence-electron chi connectivity index (χ1n) is 11.6. The van der Waals surface area contributed by atoms with Crippen molar-refractivity contribution in [1.29, 1.82) is 0 Å². The molecule has 0 spiro atoms. The molecule has 1 saturated carbocycles. The first kappa shape index (κ1) is 22.2. The summed E-state index contributed by atoms with van der Waals surface area (Å²) in [5.41, 5.74) is 0.928. The highest BCUT2D eigenvalue weighted by Gasteiger charge is 2.36. The van der Waals surface area contributed by atoms with Gasteiger partial charge >= 0.3 is 0 Å². The van der Waals surface area contributed by atoms with Gasteiger partial charge in [-0.05, 0) is 62.6 Å². The van der Waals surface area contributed by atoms with Crippen molar-refractivity contribution in [3.63, 3.8) is 0 Å². The molecule has 1 fully saturated rings. The number of carbonyl (C=O) groups is 1. The fraction of sp³-hybridized carbons (Fsp3) is 0.423. The molecule has 4 rings (SSSR count). The fourth-order valence-electron chi connectivity index (χ4n) is 4.18. The number of unbranched alkanes of at least 4 members (excludes halogenated alkanes) is 3. The monoisotopic (exact) mass is 435 g/mol. The van der Waals surface area contributed by atoms with Crippen molar-refractivity contribution in [3.8, 4) is 5.69 Å². The molecular weight excluding hydrogens is 405 g/mol. The van der Waals surface area contributed by atoms with Gasteiger partial charge in [-0.2, -0.15) is 0 Å². The number of aromatic nitrogens is 2. The highest BCUT2D eigenvalue weighted by molar-refractivity contribution is 5.82. The van der Waals surface area contributed by atoms with E-state index in [1.54, 1.807) is 24.3 Å². The van der Waals surface area contributed by atoms with Gasteiger partial charge in [-0.3, -0.25) is 14.2 Å². The Balaban J connectivity index is 1.81. The molecule has 3 aromatic rings. The molecule has 1 aromatic heterocycles. The number of carbonyl (C=O) groups excluding carboxylic acids is 1. The lowest BCUT2D eigenvalue weighted by molar-refractivity contribution is -0.135. The van der Waals surface area contributed by atoms with Gasteiger partial charge in [-0.1, -0.05) is 38.3 Å². The molecule has 6 heteroatoms. The van der Waals surface area contributed by atoms with Gasteiger partial charge in [0.15, 0.2) is 0 Å². The van der Waals surface area contributed by atoms with Crippen LogP contribution in [0.2, 0.25) is 0 Å². The van der Waals surface area contributed by atoms with E-state index in [1.807, 2.05) is 24.0 Å². The van der Waals surface area contributed by atoms with E-state index in [2.05, 4.69) is 6.92 Å². The van der Waals surface area contributed by atoms with Crippen LogP contribution in [-0.4, -0.2) is 26.9 Å². The van der Waals surface area contributed by atoms with Crippen LogP contribution >= 0.6 is 0 Å². The second-order valence-electron chi connectivity index (χ2n) is 8.65. The zero-order valence-electron chi connectivity index (χ0n) is 18.8. The summed E-state index contributed by atoms with van der Waals surface area (Å²) in [6.45, 7) is 4.75. The molecule has 0 N–H and O–H groups in total. The van der Waals surface area contributed by atoms with E-state index < -0.39 is 0 Å². The quantitative estimate of drug-likeness (QED) is 0.423. The zero-order chi connectivity index (χ0) is 22.7. The Morgan fingerprint density at radius 2 is 1.84 bits per heavy atom. The molecule has 168 valence electrons. The third-order valence-electron chi connectivity index (χ3n) is 6.19. The van der Waals surface area contributed by atoms with Gasteiger partial charge in [-0.25, -0.2) is 9.37 Å². The van der Waals surface area contributed by atoms with Gasteiger partial charge in [0.25, 0.3) is 5.56 Å². The highest BCUT2D eigenvalue weighted by Crippen LogP contribution is 2.34. The number of hydrogen-bond donors (Lipinski definition) is 0. The van der Waals surface area contributed by atoms with Gasteiger partial charge in [0.1, 0.15) is 11.6 Å². The van der Waals surface area contributed by atoms with Crippen molar-refractivity contribution in [1.82, 2.24) is 14.5 Å². The van der Waals surface area contributed by atoms with Crippen LogP contribution in [0.1, 0.15) is 64.2 Å². The van der Waals surface area contributed by atoms with Crippen LogP contribution in [0.25, 0.3) is 16.6 Å². The number of hydrogen-bond acceptors (Lipinski definition) is 3. The van der Waals surface area contributed by atoms with E-state index in [0.717, 1.165) is 38.5 Å². The summed E-state index contributed by atoms with van der Waals surface area (Å²) in [7, 11) is 0. The Bertz CT molecular complexity index is 1150. The van der Waals surface area contributed by atoms with E-state index in [0.29, 0.717) is 29.0 Å². The molecule has 1 aliphatic rings. The molecule has 1 atom stereocenters. The average Bonchev–Trinajstić information content (AvgIpc) is 3.65. The Kier molecular flexibility index (Phi) is 6.68. The molecule has 0 radical (unpaired) electrons. The number of fused-ring (bicyclic) bond motifs is 1. The highest BCUT2D eigenvalue weighted by atomic mass is 19.1. The molecule has 0 saturated heterocycles. The summed E-state index contributed by atoms with van der Waals surface area (Å²) >= 11 is 0. The third-order valence-corrected chi connectivity index (χ3v) is 6.19. The van der Waals surface area contributed by atoms with Crippen molar-refractivity contribution >= 4 is 16.8 Å². The minimum atomic E-state index is -0.382. The van der Waals surface area contributed by atoms with Crippen LogP contribution in [0.5, 0.6) is 0 Å². The number of rotatable bonds is 9. The molecule has 1 unspecified atom stereocenters. The maximum atomic E-state index is 13.6. The lowest BCUT2D eigenvalue weighted by atomic mass is 10.1. The van der Waals surface area contributed by atoms with Gasteiger partial charge in [0.2, 0.25) is 5.91 Å². The second-order valence-corrected chi connectivity index (χ2v) is 8.65. The first-order valence-corrected chi connectivity index (χ1v) is 11.6. The third kappa shape index (κ3) is 4.59. The van der Waals surface area contributed by atoms with Crippen LogP contribution in [0, 0.1) is 11.7 Å². The molecule has 2 aromatic carbocycles. The van der Waals surface area contributed by atoms with Gasteiger partial charge < -0.3 is 4.90 Å². The molecule has 1 amide bonds. The zero-order valence-corrected chi connectivity index (χ0v) is 18.8. The summed E-state index contributed by atoms with van der Waals surface area (Å²) in [6, 6.07) is 12.7.